The number of guanidine groups is 1. The molecule has 0 spiro atoms. The fourth-order valence-corrected chi connectivity index (χ4v) is 3.00. The van der Waals surface area contributed by atoms with Crippen molar-refractivity contribution in [1.29, 1.82) is 0 Å². The van der Waals surface area contributed by atoms with Crippen LogP contribution in [0.3, 0.4) is 0 Å². The van der Waals surface area contributed by atoms with Crippen LogP contribution in [0.1, 0.15) is 47.2 Å². The first-order chi connectivity index (χ1) is 12.5. The Hall–Kier alpha value is -1.71. The second-order valence-electron chi connectivity index (χ2n) is 5.42. The number of hydrogen-bond donors (Lipinski definition) is 2. The highest BCUT2D eigenvalue weighted by Gasteiger charge is 2.20. The zero-order chi connectivity index (χ0) is 19.4. The number of rotatable bonds is 11. The first-order valence-electron chi connectivity index (χ1n) is 8.79. The highest BCUT2D eigenvalue weighted by atomic mass is 32.1. The van der Waals surface area contributed by atoms with Gasteiger partial charge in [0, 0.05) is 13.7 Å². The van der Waals surface area contributed by atoms with Gasteiger partial charge in [0.1, 0.15) is 9.88 Å². The average Bonchev–Trinajstić information content (AvgIpc) is 3.00. The Morgan fingerprint density at radius 3 is 2.73 bits per heavy atom. The highest BCUT2D eigenvalue weighted by Crippen LogP contribution is 2.24. The number of nitrogens with zero attached hydrogens (tertiary/aromatic N) is 2. The smallest absolute Gasteiger partial charge is 0.350 e. The number of aromatic nitrogens is 1. The molecule has 1 aromatic rings. The molecule has 8 nitrogen and oxygen atoms in total. The fourth-order valence-electron chi connectivity index (χ4n) is 2.04. The summed E-state index contributed by atoms with van der Waals surface area (Å²) in [6.07, 6.45) is 0. The molecule has 0 saturated carbocycles. The van der Waals surface area contributed by atoms with Gasteiger partial charge in [0.05, 0.1) is 44.7 Å². The third kappa shape index (κ3) is 7.67. The van der Waals surface area contributed by atoms with E-state index in [1.165, 1.54) is 11.3 Å². The largest absolute Gasteiger partial charge is 0.462 e. The van der Waals surface area contributed by atoms with E-state index in [9.17, 15) is 4.79 Å². The van der Waals surface area contributed by atoms with Crippen LogP contribution in [-0.2, 0) is 14.2 Å². The van der Waals surface area contributed by atoms with Gasteiger partial charge in [0.25, 0.3) is 0 Å². The van der Waals surface area contributed by atoms with E-state index in [0.29, 0.717) is 49.5 Å². The molecule has 26 heavy (non-hydrogen) atoms. The molecule has 0 aliphatic carbocycles. The van der Waals surface area contributed by atoms with Crippen LogP contribution < -0.4 is 10.6 Å². The van der Waals surface area contributed by atoms with Crippen molar-refractivity contribution in [1.82, 2.24) is 15.6 Å². The zero-order valence-corrected chi connectivity index (χ0v) is 17.1. The summed E-state index contributed by atoms with van der Waals surface area (Å²) < 4.78 is 15.4. The summed E-state index contributed by atoms with van der Waals surface area (Å²) in [5, 5.41) is 7.31. The number of aliphatic imine (C=N–C) groups is 1. The van der Waals surface area contributed by atoms with E-state index < -0.39 is 0 Å². The first-order valence-corrected chi connectivity index (χ1v) is 9.61. The molecule has 9 heteroatoms. The predicted octanol–water partition coefficient (Wildman–Crippen LogP) is 1.91. The predicted molar refractivity (Wildman–Crippen MR) is 103 cm³/mol. The van der Waals surface area contributed by atoms with E-state index in [1.54, 1.807) is 14.0 Å². The second-order valence-corrected chi connectivity index (χ2v) is 6.45. The lowest BCUT2D eigenvalue weighted by atomic mass is 10.3. The molecule has 0 amide bonds. The van der Waals surface area contributed by atoms with Crippen molar-refractivity contribution < 1.29 is 19.0 Å². The van der Waals surface area contributed by atoms with Crippen LogP contribution >= 0.6 is 11.3 Å². The standard InChI is InChI=1S/C17H30N4O4S/c1-6-18-17(19-8-9-24-11-10-23-5)21-13(4)15-20-12(3)14(26-15)16(22)25-7-2/h13H,6-11H2,1-5H3,(H2,18,19,21). The Labute approximate surface area is 159 Å². The topological polar surface area (TPSA) is 94.1 Å². The van der Waals surface area contributed by atoms with E-state index in [1.807, 2.05) is 20.8 Å². The molecule has 1 unspecified atom stereocenters. The van der Waals surface area contributed by atoms with Gasteiger partial charge < -0.3 is 24.8 Å². The lowest BCUT2D eigenvalue weighted by Crippen LogP contribution is -2.39. The van der Waals surface area contributed by atoms with E-state index in [0.717, 1.165) is 11.6 Å². The van der Waals surface area contributed by atoms with Crippen LogP contribution in [-0.4, -0.2) is 63.5 Å². The molecule has 1 heterocycles. The van der Waals surface area contributed by atoms with Crippen molar-refractivity contribution in [3.8, 4) is 0 Å². The normalized spacial score (nSPS) is 12.7. The number of hydrogen-bond acceptors (Lipinski definition) is 7. The molecule has 1 rings (SSSR count). The molecule has 1 aromatic heterocycles. The number of thiazole rings is 1. The number of esters is 1. The number of nitrogens with one attached hydrogen (secondary N) is 2. The van der Waals surface area contributed by atoms with Crippen molar-refractivity contribution in [3.05, 3.63) is 15.6 Å². The van der Waals surface area contributed by atoms with Gasteiger partial charge in [-0.25, -0.2) is 9.78 Å². The SMILES string of the molecule is CCNC(=NCCOCCOC)NC(C)c1nc(C)c(C(=O)OCC)s1. The third-order valence-corrected chi connectivity index (χ3v) is 4.60. The van der Waals surface area contributed by atoms with Crippen LogP contribution in [0, 0.1) is 6.92 Å². The quantitative estimate of drug-likeness (QED) is 0.260. The maximum atomic E-state index is 11.9. The van der Waals surface area contributed by atoms with E-state index in [2.05, 4.69) is 20.6 Å². The van der Waals surface area contributed by atoms with Gasteiger partial charge in [-0.15, -0.1) is 11.3 Å². The highest BCUT2D eigenvalue weighted by molar-refractivity contribution is 7.13. The van der Waals surface area contributed by atoms with Crippen molar-refractivity contribution in [3.63, 3.8) is 0 Å². The molecule has 0 aliphatic rings. The first kappa shape index (κ1) is 22.3. The van der Waals surface area contributed by atoms with Crippen molar-refractivity contribution >= 4 is 23.3 Å². The van der Waals surface area contributed by atoms with Crippen molar-refractivity contribution in [2.45, 2.75) is 33.7 Å². The second kappa shape index (κ2) is 12.6. The molecular formula is C17H30N4O4S. The van der Waals surface area contributed by atoms with Crippen LogP contribution in [0.2, 0.25) is 0 Å². The van der Waals surface area contributed by atoms with Gasteiger partial charge in [-0.1, -0.05) is 0 Å². The van der Waals surface area contributed by atoms with Crippen LogP contribution in [0.4, 0.5) is 0 Å². The van der Waals surface area contributed by atoms with E-state index >= 15 is 0 Å². The number of carbonyl (C=O) groups is 1. The molecule has 0 fully saturated rings. The summed E-state index contributed by atoms with van der Waals surface area (Å²) in [5.41, 5.74) is 0.686. The zero-order valence-electron chi connectivity index (χ0n) is 16.3. The van der Waals surface area contributed by atoms with Gasteiger partial charge in [-0.05, 0) is 27.7 Å². The summed E-state index contributed by atoms with van der Waals surface area (Å²) in [6.45, 7) is 10.9. The summed E-state index contributed by atoms with van der Waals surface area (Å²) in [4.78, 5) is 21.5. The number of carbonyl (C=O) groups excluding carboxylic acids is 1. The Kier molecular flexibility index (Phi) is 10.8. The summed E-state index contributed by atoms with van der Waals surface area (Å²) in [7, 11) is 1.64. The molecule has 0 saturated heterocycles. The van der Waals surface area contributed by atoms with Crippen LogP contribution in [0.25, 0.3) is 0 Å². The van der Waals surface area contributed by atoms with Gasteiger partial charge in [0.15, 0.2) is 5.96 Å². The van der Waals surface area contributed by atoms with Gasteiger partial charge in [-0.2, -0.15) is 0 Å². The molecule has 1 atom stereocenters. The number of ether oxygens (including phenoxy) is 3. The van der Waals surface area contributed by atoms with Crippen molar-refractivity contribution in [2.75, 3.05) is 46.6 Å². The molecule has 148 valence electrons. The Bertz CT molecular complexity index is 577. The maximum Gasteiger partial charge on any atom is 0.350 e. The van der Waals surface area contributed by atoms with Gasteiger partial charge in [-0.3, -0.25) is 4.99 Å². The maximum absolute atomic E-state index is 11.9. The van der Waals surface area contributed by atoms with Crippen LogP contribution in [0.15, 0.2) is 4.99 Å². The summed E-state index contributed by atoms with van der Waals surface area (Å²) in [6, 6.07) is -0.0888. The number of methoxy groups -OCH3 is 1. The lowest BCUT2D eigenvalue weighted by molar-refractivity contribution is 0.0531. The molecule has 2 N–H and O–H groups in total. The Morgan fingerprint density at radius 1 is 1.31 bits per heavy atom. The van der Waals surface area contributed by atoms with Crippen molar-refractivity contribution in [2.24, 2.45) is 4.99 Å². The Morgan fingerprint density at radius 2 is 2.08 bits per heavy atom. The molecule has 0 radical (unpaired) electrons. The molecular weight excluding hydrogens is 356 g/mol. The minimum atomic E-state index is -0.324. The average molecular weight is 387 g/mol. The monoisotopic (exact) mass is 386 g/mol. The van der Waals surface area contributed by atoms with Crippen LogP contribution in [0.5, 0.6) is 0 Å². The van der Waals surface area contributed by atoms with Gasteiger partial charge in [0.2, 0.25) is 0 Å². The molecule has 0 aromatic carbocycles. The fraction of sp³-hybridized carbons (Fsp3) is 0.706. The minimum Gasteiger partial charge on any atom is -0.462 e. The molecule has 0 aliphatic heterocycles. The van der Waals surface area contributed by atoms with Gasteiger partial charge >= 0.3 is 5.97 Å². The lowest BCUT2D eigenvalue weighted by Gasteiger charge is -2.16. The third-order valence-electron chi connectivity index (χ3n) is 3.28. The summed E-state index contributed by atoms with van der Waals surface area (Å²) >= 11 is 1.34. The Balaban J connectivity index is 2.64. The summed E-state index contributed by atoms with van der Waals surface area (Å²) in [5.74, 6) is 0.357. The van der Waals surface area contributed by atoms with E-state index in [-0.39, 0.29) is 12.0 Å². The molecule has 0 bridgehead atoms. The number of aryl methyl sites for hydroxylation is 1. The van der Waals surface area contributed by atoms with E-state index in [4.69, 9.17) is 14.2 Å². The minimum absolute atomic E-state index is 0.0888.